The fourth-order valence-corrected chi connectivity index (χ4v) is 1.45. The number of hydrogen-bond donors (Lipinski definition) is 0. The van der Waals surface area contributed by atoms with Crippen LogP contribution in [-0.4, -0.2) is 24.5 Å². The molecule has 1 saturated heterocycles. The molecule has 0 spiro atoms. The van der Waals surface area contributed by atoms with E-state index in [-0.39, 0.29) is 0 Å². The molecular formula is C9H18N. The van der Waals surface area contributed by atoms with Crippen LogP contribution in [0.15, 0.2) is 0 Å². The summed E-state index contributed by atoms with van der Waals surface area (Å²) < 4.78 is 0. The topological polar surface area (TPSA) is 3.24 Å². The highest BCUT2D eigenvalue weighted by molar-refractivity contribution is 4.72. The number of unbranched alkanes of at least 4 members (excludes halogenated alkanes) is 1. The Hall–Kier alpha value is -0.0400. The molecule has 1 radical (unpaired) electrons. The van der Waals surface area contributed by atoms with Crippen molar-refractivity contribution in [3.63, 3.8) is 0 Å². The molecule has 1 aliphatic rings. The lowest BCUT2D eigenvalue weighted by Gasteiger charge is -2.25. The van der Waals surface area contributed by atoms with E-state index in [1.165, 1.54) is 45.3 Å². The second-order valence-corrected chi connectivity index (χ2v) is 3.06. The number of hydrogen-bond acceptors (Lipinski definition) is 1. The van der Waals surface area contributed by atoms with Crippen molar-refractivity contribution in [3.05, 3.63) is 6.42 Å². The average molecular weight is 140 g/mol. The fourth-order valence-electron chi connectivity index (χ4n) is 1.45. The van der Waals surface area contributed by atoms with E-state index in [1.807, 2.05) is 0 Å². The highest BCUT2D eigenvalue weighted by Gasteiger charge is 2.07. The Bertz CT molecular complexity index is 74.8. The normalized spacial score (nSPS) is 21.3. The van der Waals surface area contributed by atoms with Gasteiger partial charge in [-0.1, -0.05) is 19.8 Å². The standard InChI is InChI=1S/C9H18N/c1-2-3-7-10-8-5-4-6-9-10/h3H,2,4-9H2,1H3. The summed E-state index contributed by atoms with van der Waals surface area (Å²) in [6.45, 7) is 6.09. The van der Waals surface area contributed by atoms with Crippen LogP contribution >= 0.6 is 0 Å². The summed E-state index contributed by atoms with van der Waals surface area (Å²) >= 11 is 0. The Kier molecular flexibility index (Phi) is 3.81. The molecule has 1 heterocycles. The minimum atomic E-state index is 1.22. The molecule has 1 rings (SSSR count). The van der Waals surface area contributed by atoms with Gasteiger partial charge < -0.3 is 4.90 Å². The second kappa shape index (κ2) is 4.73. The van der Waals surface area contributed by atoms with Crippen molar-refractivity contribution in [2.75, 3.05) is 19.6 Å². The van der Waals surface area contributed by atoms with Gasteiger partial charge in [-0.05, 0) is 32.4 Å². The summed E-state index contributed by atoms with van der Waals surface area (Å²) in [6.07, 6.45) is 7.86. The highest BCUT2D eigenvalue weighted by Crippen LogP contribution is 2.08. The highest BCUT2D eigenvalue weighted by atomic mass is 15.1. The molecule has 1 fully saturated rings. The fraction of sp³-hybridized carbons (Fsp3) is 0.889. The van der Waals surface area contributed by atoms with Crippen LogP contribution in [0.3, 0.4) is 0 Å². The molecule has 1 aliphatic heterocycles. The molecule has 59 valence electrons. The molecule has 10 heavy (non-hydrogen) atoms. The maximum Gasteiger partial charge on any atom is 0.00127 e. The van der Waals surface area contributed by atoms with Crippen LogP contribution in [0.1, 0.15) is 32.6 Å². The monoisotopic (exact) mass is 140 g/mol. The van der Waals surface area contributed by atoms with Gasteiger partial charge in [-0.15, -0.1) is 0 Å². The predicted molar refractivity (Wildman–Crippen MR) is 44.9 cm³/mol. The maximum atomic E-state index is 2.55. The van der Waals surface area contributed by atoms with Gasteiger partial charge in [0.05, 0.1) is 0 Å². The molecular weight excluding hydrogens is 122 g/mol. The molecule has 0 atom stereocenters. The van der Waals surface area contributed by atoms with Crippen LogP contribution in [0.5, 0.6) is 0 Å². The lowest BCUT2D eigenvalue weighted by atomic mass is 10.1. The van der Waals surface area contributed by atoms with E-state index >= 15 is 0 Å². The van der Waals surface area contributed by atoms with E-state index in [9.17, 15) is 0 Å². The van der Waals surface area contributed by atoms with Gasteiger partial charge >= 0.3 is 0 Å². The molecule has 1 heteroatoms. The second-order valence-electron chi connectivity index (χ2n) is 3.06. The van der Waals surface area contributed by atoms with Crippen LogP contribution in [0, 0.1) is 6.42 Å². The van der Waals surface area contributed by atoms with Crippen molar-refractivity contribution in [2.45, 2.75) is 32.6 Å². The zero-order valence-electron chi connectivity index (χ0n) is 6.97. The molecule has 0 aromatic heterocycles. The van der Waals surface area contributed by atoms with Crippen LogP contribution in [0.4, 0.5) is 0 Å². The van der Waals surface area contributed by atoms with Gasteiger partial charge in [-0.3, -0.25) is 0 Å². The Morgan fingerprint density at radius 1 is 1.20 bits per heavy atom. The van der Waals surface area contributed by atoms with Gasteiger partial charge in [0.25, 0.3) is 0 Å². The van der Waals surface area contributed by atoms with Gasteiger partial charge in [-0.2, -0.15) is 0 Å². The maximum absolute atomic E-state index is 2.55. The summed E-state index contributed by atoms with van der Waals surface area (Å²) in [4.78, 5) is 2.55. The lowest BCUT2D eigenvalue weighted by molar-refractivity contribution is 0.243. The van der Waals surface area contributed by atoms with Gasteiger partial charge in [0.2, 0.25) is 0 Å². The van der Waals surface area contributed by atoms with Gasteiger partial charge in [0.1, 0.15) is 0 Å². The average Bonchev–Trinajstić information content (AvgIpc) is 2.03. The van der Waals surface area contributed by atoms with Crippen LogP contribution < -0.4 is 0 Å². The first-order valence-electron chi connectivity index (χ1n) is 4.47. The molecule has 1 nitrogen and oxygen atoms in total. The summed E-state index contributed by atoms with van der Waals surface area (Å²) in [7, 11) is 0. The van der Waals surface area contributed by atoms with Crippen LogP contribution in [-0.2, 0) is 0 Å². The van der Waals surface area contributed by atoms with Crippen molar-refractivity contribution in [1.82, 2.24) is 4.90 Å². The van der Waals surface area contributed by atoms with Gasteiger partial charge in [0.15, 0.2) is 0 Å². The summed E-state index contributed by atoms with van der Waals surface area (Å²) in [5.74, 6) is 0. The predicted octanol–water partition coefficient (Wildman–Crippen LogP) is 2.09. The number of nitrogens with zero attached hydrogens (tertiary/aromatic N) is 1. The lowest BCUT2D eigenvalue weighted by Crippen LogP contribution is -2.30. The quantitative estimate of drug-likeness (QED) is 0.580. The molecule has 0 unspecified atom stereocenters. The van der Waals surface area contributed by atoms with Crippen molar-refractivity contribution >= 4 is 0 Å². The minimum Gasteiger partial charge on any atom is -0.303 e. The summed E-state index contributed by atoms with van der Waals surface area (Å²) in [5, 5.41) is 0. The SMILES string of the molecule is CC[CH]CN1CCCCC1. The molecule has 0 aromatic carbocycles. The van der Waals surface area contributed by atoms with E-state index in [0.29, 0.717) is 0 Å². The van der Waals surface area contributed by atoms with E-state index < -0.39 is 0 Å². The smallest absolute Gasteiger partial charge is 0.00127 e. The Labute approximate surface area is 64.4 Å². The zero-order valence-corrected chi connectivity index (χ0v) is 6.97. The number of piperidine rings is 1. The first-order valence-corrected chi connectivity index (χ1v) is 4.47. The molecule has 0 aliphatic carbocycles. The molecule has 0 aromatic rings. The number of rotatable bonds is 3. The van der Waals surface area contributed by atoms with Crippen molar-refractivity contribution in [2.24, 2.45) is 0 Å². The third-order valence-electron chi connectivity index (χ3n) is 2.12. The van der Waals surface area contributed by atoms with Crippen LogP contribution in [0.2, 0.25) is 0 Å². The molecule has 0 N–H and O–H groups in total. The third kappa shape index (κ3) is 2.70. The van der Waals surface area contributed by atoms with Crippen molar-refractivity contribution < 1.29 is 0 Å². The van der Waals surface area contributed by atoms with Gasteiger partial charge in [-0.25, -0.2) is 0 Å². The molecule has 0 amide bonds. The summed E-state index contributed by atoms with van der Waals surface area (Å²) in [6, 6.07) is 0. The minimum absolute atomic E-state index is 1.22. The molecule has 0 bridgehead atoms. The van der Waals surface area contributed by atoms with Crippen molar-refractivity contribution in [3.8, 4) is 0 Å². The van der Waals surface area contributed by atoms with E-state index in [1.54, 1.807) is 0 Å². The summed E-state index contributed by atoms with van der Waals surface area (Å²) in [5.41, 5.74) is 0. The van der Waals surface area contributed by atoms with Crippen molar-refractivity contribution in [1.29, 1.82) is 0 Å². The Morgan fingerprint density at radius 2 is 1.90 bits per heavy atom. The number of likely N-dealkylation sites (tertiary alicyclic amines) is 1. The molecule has 0 saturated carbocycles. The Morgan fingerprint density at radius 3 is 2.50 bits per heavy atom. The Balaban J connectivity index is 2.02. The van der Waals surface area contributed by atoms with E-state index in [4.69, 9.17) is 0 Å². The first kappa shape index (κ1) is 8.06. The van der Waals surface area contributed by atoms with Crippen LogP contribution in [0.25, 0.3) is 0 Å². The third-order valence-corrected chi connectivity index (χ3v) is 2.12. The van der Waals surface area contributed by atoms with Gasteiger partial charge in [0, 0.05) is 6.54 Å². The van der Waals surface area contributed by atoms with E-state index in [0.717, 1.165) is 0 Å². The van der Waals surface area contributed by atoms with E-state index in [2.05, 4.69) is 18.2 Å². The first-order chi connectivity index (χ1) is 4.93. The zero-order chi connectivity index (χ0) is 7.23. The largest absolute Gasteiger partial charge is 0.303 e.